The zero-order valence-electron chi connectivity index (χ0n) is 17.4. The summed E-state index contributed by atoms with van der Waals surface area (Å²) in [5, 5.41) is 0. The van der Waals surface area contributed by atoms with Crippen molar-refractivity contribution in [1.82, 2.24) is 14.8 Å². The third-order valence-electron chi connectivity index (χ3n) is 6.05. The van der Waals surface area contributed by atoms with Gasteiger partial charge in [-0.05, 0) is 48.6 Å². The van der Waals surface area contributed by atoms with Gasteiger partial charge in [0, 0.05) is 44.5 Å². The number of piperidine rings is 1. The number of para-hydroxylation sites is 1. The molecule has 4 rings (SSSR count). The third kappa shape index (κ3) is 4.61. The molecule has 0 spiro atoms. The van der Waals surface area contributed by atoms with Crippen LogP contribution in [0.1, 0.15) is 44.7 Å². The molecule has 2 aliphatic heterocycles. The highest BCUT2D eigenvalue weighted by atomic mass is 16.5. The molecular formula is C24H31N3O2. The number of pyridine rings is 1. The Morgan fingerprint density at radius 3 is 2.45 bits per heavy atom. The first-order valence-electron chi connectivity index (χ1n) is 10.8. The molecule has 0 saturated carbocycles. The normalized spacial score (nSPS) is 23.1. The van der Waals surface area contributed by atoms with E-state index < -0.39 is 0 Å². The van der Waals surface area contributed by atoms with Gasteiger partial charge in [0.2, 0.25) is 5.91 Å². The van der Waals surface area contributed by atoms with Gasteiger partial charge in [-0.15, -0.1) is 0 Å². The molecule has 0 N–H and O–H groups in total. The van der Waals surface area contributed by atoms with Crippen LogP contribution in [0.2, 0.25) is 0 Å². The SMILES string of the molecule is CC(C)CC(=O)N1CCC(N2C[C@H](Oc3ccccc3)[C@@H]2c2ccncc2)CC1. The average Bonchev–Trinajstić information content (AvgIpc) is 2.72. The van der Waals surface area contributed by atoms with Gasteiger partial charge in [0.15, 0.2) is 0 Å². The highest BCUT2D eigenvalue weighted by Gasteiger charge is 2.45. The van der Waals surface area contributed by atoms with Crippen LogP contribution in [-0.4, -0.2) is 52.5 Å². The number of hydrogen-bond acceptors (Lipinski definition) is 4. The molecule has 0 aliphatic carbocycles. The van der Waals surface area contributed by atoms with E-state index in [-0.39, 0.29) is 12.1 Å². The van der Waals surface area contributed by atoms with E-state index in [4.69, 9.17) is 4.74 Å². The molecule has 5 heteroatoms. The smallest absolute Gasteiger partial charge is 0.222 e. The maximum Gasteiger partial charge on any atom is 0.222 e. The average molecular weight is 394 g/mol. The first kappa shape index (κ1) is 19.9. The van der Waals surface area contributed by atoms with Gasteiger partial charge in [-0.1, -0.05) is 32.0 Å². The number of hydrogen-bond donors (Lipinski definition) is 0. The van der Waals surface area contributed by atoms with Crippen LogP contribution in [0.25, 0.3) is 0 Å². The lowest BCUT2D eigenvalue weighted by atomic mass is 9.87. The van der Waals surface area contributed by atoms with Gasteiger partial charge in [0.25, 0.3) is 0 Å². The molecule has 1 aromatic carbocycles. The van der Waals surface area contributed by atoms with Crippen molar-refractivity contribution >= 4 is 5.91 Å². The Kier molecular flexibility index (Phi) is 6.14. The Morgan fingerprint density at radius 1 is 1.10 bits per heavy atom. The summed E-state index contributed by atoms with van der Waals surface area (Å²) >= 11 is 0. The summed E-state index contributed by atoms with van der Waals surface area (Å²) in [5.74, 6) is 1.64. The van der Waals surface area contributed by atoms with Crippen molar-refractivity contribution in [2.75, 3.05) is 19.6 Å². The lowest BCUT2D eigenvalue weighted by Gasteiger charge is -2.53. The largest absolute Gasteiger partial charge is 0.487 e. The first-order chi connectivity index (χ1) is 14.1. The van der Waals surface area contributed by atoms with Crippen molar-refractivity contribution in [3.05, 3.63) is 60.4 Å². The van der Waals surface area contributed by atoms with Gasteiger partial charge in [-0.2, -0.15) is 0 Å². The second-order valence-electron chi connectivity index (χ2n) is 8.60. The van der Waals surface area contributed by atoms with Crippen molar-refractivity contribution in [3.63, 3.8) is 0 Å². The number of ether oxygens (including phenoxy) is 1. The van der Waals surface area contributed by atoms with Crippen LogP contribution in [0, 0.1) is 5.92 Å². The van der Waals surface area contributed by atoms with Crippen LogP contribution in [0.15, 0.2) is 54.9 Å². The van der Waals surface area contributed by atoms with E-state index in [1.54, 1.807) is 0 Å². The Labute approximate surface area is 173 Å². The van der Waals surface area contributed by atoms with Gasteiger partial charge in [-0.25, -0.2) is 0 Å². The minimum atomic E-state index is 0.139. The van der Waals surface area contributed by atoms with Gasteiger partial charge in [0.05, 0.1) is 6.04 Å². The molecule has 2 fully saturated rings. The molecule has 2 saturated heterocycles. The fourth-order valence-electron chi connectivity index (χ4n) is 4.54. The monoisotopic (exact) mass is 393 g/mol. The summed E-state index contributed by atoms with van der Waals surface area (Å²) in [5.41, 5.74) is 1.26. The van der Waals surface area contributed by atoms with Gasteiger partial charge < -0.3 is 9.64 Å². The molecule has 1 aromatic heterocycles. The fraction of sp³-hybridized carbons (Fsp3) is 0.500. The van der Waals surface area contributed by atoms with Crippen LogP contribution >= 0.6 is 0 Å². The highest BCUT2D eigenvalue weighted by molar-refractivity contribution is 5.76. The second-order valence-corrected chi connectivity index (χ2v) is 8.60. The predicted octanol–water partition coefficient (Wildman–Crippen LogP) is 3.92. The first-order valence-corrected chi connectivity index (χ1v) is 10.8. The molecular weight excluding hydrogens is 362 g/mol. The van der Waals surface area contributed by atoms with Crippen molar-refractivity contribution in [1.29, 1.82) is 0 Å². The number of carbonyl (C=O) groups excluding carboxylic acids is 1. The Morgan fingerprint density at radius 2 is 1.79 bits per heavy atom. The number of carbonyl (C=O) groups is 1. The van der Waals surface area contributed by atoms with E-state index in [0.29, 0.717) is 24.3 Å². The van der Waals surface area contributed by atoms with E-state index in [9.17, 15) is 4.79 Å². The summed E-state index contributed by atoms with van der Waals surface area (Å²) in [6.07, 6.45) is 6.57. The van der Waals surface area contributed by atoms with Crippen LogP contribution < -0.4 is 4.74 Å². The number of likely N-dealkylation sites (tertiary alicyclic amines) is 2. The summed E-state index contributed by atoms with van der Waals surface area (Å²) < 4.78 is 6.31. The lowest BCUT2D eigenvalue weighted by Crippen LogP contribution is -2.61. The van der Waals surface area contributed by atoms with Crippen molar-refractivity contribution in [2.24, 2.45) is 5.92 Å². The minimum absolute atomic E-state index is 0.139. The standard InChI is InChI=1S/C24H31N3O2/c1-18(2)16-23(28)26-14-10-20(11-15-26)27-17-22(29-21-6-4-3-5-7-21)24(27)19-8-12-25-13-9-19/h3-9,12-13,18,20,22,24H,10-11,14-17H2,1-2H3/t22-,24-/m0/s1. The van der Waals surface area contributed by atoms with E-state index in [1.807, 2.05) is 42.7 Å². The summed E-state index contributed by atoms with van der Waals surface area (Å²) in [6.45, 7) is 6.86. The highest BCUT2D eigenvalue weighted by Crippen LogP contribution is 2.40. The van der Waals surface area contributed by atoms with E-state index in [1.165, 1.54) is 5.56 Å². The maximum atomic E-state index is 12.4. The van der Waals surface area contributed by atoms with Crippen LogP contribution in [0.5, 0.6) is 5.75 Å². The van der Waals surface area contributed by atoms with Gasteiger partial charge >= 0.3 is 0 Å². The molecule has 2 atom stereocenters. The molecule has 0 radical (unpaired) electrons. The Hall–Kier alpha value is -2.40. The van der Waals surface area contributed by atoms with E-state index >= 15 is 0 Å². The van der Waals surface area contributed by atoms with Crippen LogP contribution in [0.4, 0.5) is 0 Å². The van der Waals surface area contributed by atoms with Crippen LogP contribution in [-0.2, 0) is 4.79 Å². The number of nitrogens with zero attached hydrogens (tertiary/aromatic N) is 3. The molecule has 29 heavy (non-hydrogen) atoms. The zero-order valence-corrected chi connectivity index (χ0v) is 17.4. The van der Waals surface area contributed by atoms with Gasteiger partial charge in [-0.3, -0.25) is 14.7 Å². The Bertz CT molecular complexity index is 788. The molecule has 1 amide bonds. The third-order valence-corrected chi connectivity index (χ3v) is 6.05. The molecule has 0 unspecified atom stereocenters. The molecule has 2 aromatic rings. The van der Waals surface area contributed by atoms with Crippen molar-refractivity contribution in [2.45, 2.75) is 51.3 Å². The zero-order chi connectivity index (χ0) is 20.2. The number of aromatic nitrogens is 1. The van der Waals surface area contributed by atoms with E-state index in [2.05, 4.69) is 40.8 Å². The molecule has 3 heterocycles. The Balaban J connectivity index is 1.41. The van der Waals surface area contributed by atoms with Crippen molar-refractivity contribution < 1.29 is 9.53 Å². The molecule has 0 bridgehead atoms. The number of benzene rings is 1. The predicted molar refractivity (Wildman–Crippen MR) is 114 cm³/mol. The summed E-state index contributed by atoms with van der Waals surface area (Å²) in [7, 11) is 0. The topological polar surface area (TPSA) is 45.7 Å². The lowest BCUT2D eigenvalue weighted by molar-refractivity contribution is -0.135. The van der Waals surface area contributed by atoms with Crippen molar-refractivity contribution in [3.8, 4) is 5.75 Å². The minimum Gasteiger partial charge on any atom is -0.487 e. The van der Waals surface area contributed by atoms with E-state index in [0.717, 1.165) is 38.2 Å². The van der Waals surface area contributed by atoms with Crippen LogP contribution in [0.3, 0.4) is 0 Å². The second kappa shape index (κ2) is 8.95. The maximum absolute atomic E-state index is 12.4. The fourth-order valence-corrected chi connectivity index (χ4v) is 4.54. The van der Waals surface area contributed by atoms with Gasteiger partial charge in [0.1, 0.15) is 11.9 Å². The number of amides is 1. The quantitative estimate of drug-likeness (QED) is 0.746. The molecule has 2 aliphatic rings. The molecule has 5 nitrogen and oxygen atoms in total. The number of rotatable bonds is 6. The summed E-state index contributed by atoms with van der Waals surface area (Å²) in [6, 6.07) is 15.0. The summed E-state index contributed by atoms with van der Waals surface area (Å²) in [4.78, 5) is 21.2. The molecule has 154 valence electrons.